The van der Waals surface area contributed by atoms with Gasteiger partial charge in [-0.05, 0) is 55.0 Å². The summed E-state index contributed by atoms with van der Waals surface area (Å²) in [5.41, 5.74) is 2.32. The highest BCUT2D eigenvalue weighted by atomic mass is 32.1. The minimum Gasteiger partial charge on any atom is -0.493 e. The van der Waals surface area contributed by atoms with Gasteiger partial charge in [-0.1, -0.05) is 6.07 Å². The van der Waals surface area contributed by atoms with Crippen molar-refractivity contribution in [3.8, 4) is 11.5 Å². The third kappa shape index (κ3) is 4.70. The van der Waals surface area contributed by atoms with Crippen LogP contribution in [-0.4, -0.2) is 25.4 Å². The lowest BCUT2D eigenvalue weighted by Gasteiger charge is -2.19. The molecule has 2 atom stereocenters. The molecule has 4 nitrogen and oxygen atoms in total. The van der Waals surface area contributed by atoms with Crippen molar-refractivity contribution in [2.24, 2.45) is 0 Å². The fourth-order valence-corrected chi connectivity index (χ4v) is 3.24. The average molecular weight is 335 g/mol. The summed E-state index contributed by atoms with van der Waals surface area (Å²) >= 11 is 1.59. The van der Waals surface area contributed by atoms with E-state index in [1.165, 1.54) is 5.56 Å². The second-order valence-electron chi connectivity index (χ2n) is 5.68. The number of rotatable bonds is 8. The number of aliphatic hydroxyl groups is 1. The number of thiophene rings is 1. The third-order valence-corrected chi connectivity index (χ3v) is 4.91. The van der Waals surface area contributed by atoms with Crippen LogP contribution in [0.5, 0.6) is 11.5 Å². The number of nitrogens with one attached hydrogen (secondary N) is 1. The largest absolute Gasteiger partial charge is 0.493 e. The van der Waals surface area contributed by atoms with Crippen molar-refractivity contribution in [1.82, 2.24) is 5.32 Å². The van der Waals surface area contributed by atoms with E-state index in [2.05, 4.69) is 19.2 Å². The Balaban J connectivity index is 1.94. The smallest absolute Gasteiger partial charge is 0.161 e. The standard InChI is InChI=1S/C18H25NO3S/c1-12-8-16(21-3)17(22-4)10-14(12)11-19-13(2)9-15(20)18-6-5-7-23-18/h5-8,10,13,15,19-20H,9,11H2,1-4H3. The van der Waals surface area contributed by atoms with Gasteiger partial charge in [-0.2, -0.15) is 0 Å². The average Bonchev–Trinajstić information content (AvgIpc) is 3.07. The van der Waals surface area contributed by atoms with Gasteiger partial charge < -0.3 is 19.9 Å². The van der Waals surface area contributed by atoms with E-state index >= 15 is 0 Å². The summed E-state index contributed by atoms with van der Waals surface area (Å²) in [6.45, 7) is 4.88. The lowest BCUT2D eigenvalue weighted by molar-refractivity contribution is 0.157. The molecule has 2 aromatic rings. The lowest BCUT2D eigenvalue weighted by Crippen LogP contribution is -2.27. The molecule has 0 amide bonds. The Hall–Kier alpha value is -1.56. The Bertz CT molecular complexity index is 613. The molecular formula is C18H25NO3S. The number of hydrogen-bond donors (Lipinski definition) is 2. The van der Waals surface area contributed by atoms with Gasteiger partial charge in [0.1, 0.15) is 0 Å². The molecule has 1 heterocycles. The SMILES string of the molecule is COc1cc(C)c(CNC(C)CC(O)c2cccs2)cc1OC. The highest BCUT2D eigenvalue weighted by Gasteiger charge is 2.14. The molecule has 2 rings (SSSR count). The Morgan fingerprint density at radius 1 is 1.22 bits per heavy atom. The highest BCUT2D eigenvalue weighted by Crippen LogP contribution is 2.30. The van der Waals surface area contributed by atoms with Gasteiger partial charge in [0.25, 0.3) is 0 Å². The molecule has 0 spiro atoms. The first-order chi connectivity index (χ1) is 11.0. The molecule has 2 unspecified atom stereocenters. The van der Waals surface area contributed by atoms with E-state index in [4.69, 9.17) is 9.47 Å². The first-order valence-corrected chi connectivity index (χ1v) is 8.59. The molecule has 0 fully saturated rings. The molecule has 23 heavy (non-hydrogen) atoms. The van der Waals surface area contributed by atoms with Gasteiger partial charge in [-0.15, -0.1) is 11.3 Å². The zero-order valence-corrected chi connectivity index (χ0v) is 14.9. The van der Waals surface area contributed by atoms with Gasteiger partial charge in [0.2, 0.25) is 0 Å². The molecule has 0 bridgehead atoms. The molecule has 0 radical (unpaired) electrons. The van der Waals surface area contributed by atoms with Crippen LogP contribution in [0.15, 0.2) is 29.6 Å². The van der Waals surface area contributed by atoms with Crippen LogP contribution in [0.25, 0.3) is 0 Å². The molecule has 0 aliphatic rings. The van der Waals surface area contributed by atoms with E-state index in [0.29, 0.717) is 6.42 Å². The van der Waals surface area contributed by atoms with Crippen molar-refractivity contribution >= 4 is 11.3 Å². The zero-order chi connectivity index (χ0) is 16.8. The molecule has 1 aromatic heterocycles. The van der Waals surface area contributed by atoms with Crippen LogP contribution in [-0.2, 0) is 6.54 Å². The van der Waals surface area contributed by atoms with Gasteiger partial charge in [0, 0.05) is 17.5 Å². The number of aliphatic hydroxyl groups excluding tert-OH is 1. The number of hydrogen-bond acceptors (Lipinski definition) is 5. The van der Waals surface area contributed by atoms with Crippen LogP contribution in [0, 0.1) is 6.92 Å². The summed E-state index contributed by atoms with van der Waals surface area (Å²) in [5.74, 6) is 1.48. The van der Waals surface area contributed by atoms with Crippen molar-refractivity contribution < 1.29 is 14.6 Å². The number of ether oxygens (including phenoxy) is 2. The van der Waals surface area contributed by atoms with E-state index < -0.39 is 6.10 Å². The quantitative estimate of drug-likeness (QED) is 0.773. The first kappa shape index (κ1) is 17.8. The summed E-state index contributed by atoms with van der Waals surface area (Å²) in [5, 5.41) is 15.7. The number of aryl methyl sites for hydroxylation is 1. The summed E-state index contributed by atoms with van der Waals surface area (Å²) in [6.07, 6.45) is 0.274. The molecular weight excluding hydrogens is 310 g/mol. The Morgan fingerprint density at radius 3 is 2.52 bits per heavy atom. The van der Waals surface area contributed by atoms with Crippen molar-refractivity contribution in [3.05, 3.63) is 45.6 Å². The van der Waals surface area contributed by atoms with Gasteiger partial charge in [-0.25, -0.2) is 0 Å². The minimum absolute atomic E-state index is 0.208. The molecule has 5 heteroatoms. The second-order valence-corrected chi connectivity index (χ2v) is 6.66. The van der Waals surface area contributed by atoms with Crippen molar-refractivity contribution in [1.29, 1.82) is 0 Å². The van der Waals surface area contributed by atoms with Crippen molar-refractivity contribution in [2.75, 3.05) is 14.2 Å². The molecule has 1 aromatic carbocycles. The van der Waals surface area contributed by atoms with E-state index in [1.54, 1.807) is 25.6 Å². The molecule has 0 aliphatic carbocycles. The monoisotopic (exact) mass is 335 g/mol. The molecule has 0 saturated carbocycles. The van der Waals surface area contributed by atoms with Crippen LogP contribution in [0.4, 0.5) is 0 Å². The lowest BCUT2D eigenvalue weighted by atomic mass is 10.1. The maximum absolute atomic E-state index is 10.2. The number of benzene rings is 1. The summed E-state index contributed by atoms with van der Waals surface area (Å²) in [6, 6.07) is 8.14. The maximum atomic E-state index is 10.2. The Kier molecular flexibility index (Phi) is 6.45. The zero-order valence-electron chi connectivity index (χ0n) is 14.1. The van der Waals surface area contributed by atoms with Gasteiger partial charge in [0.05, 0.1) is 20.3 Å². The first-order valence-electron chi connectivity index (χ1n) is 7.71. The van der Waals surface area contributed by atoms with Gasteiger partial charge in [0.15, 0.2) is 11.5 Å². The normalized spacial score (nSPS) is 13.6. The van der Waals surface area contributed by atoms with Gasteiger partial charge >= 0.3 is 0 Å². The van der Waals surface area contributed by atoms with E-state index in [-0.39, 0.29) is 6.04 Å². The van der Waals surface area contributed by atoms with Crippen LogP contribution in [0.3, 0.4) is 0 Å². The fourth-order valence-electron chi connectivity index (χ4n) is 2.51. The molecule has 2 N–H and O–H groups in total. The van der Waals surface area contributed by atoms with Crippen LogP contribution in [0.1, 0.15) is 35.5 Å². The van der Waals surface area contributed by atoms with E-state index in [0.717, 1.165) is 28.5 Å². The van der Waals surface area contributed by atoms with Crippen LogP contribution in [0.2, 0.25) is 0 Å². The second kappa shape index (κ2) is 8.34. The fraction of sp³-hybridized carbons (Fsp3) is 0.444. The summed E-state index contributed by atoms with van der Waals surface area (Å²) in [4.78, 5) is 1.01. The Labute approximate surface area is 142 Å². The van der Waals surface area contributed by atoms with Crippen LogP contribution >= 0.6 is 11.3 Å². The van der Waals surface area contributed by atoms with Gasteiger partial charge in [-0.3, -0.25) is 0 Å². The predicted octanol–water partition coefficient (Wildman–Crippen LogP) is 3.68. The minimum atomic E-state index is -0.413. The van der Waals surface area contributed by atoms with Crippen molar-refractivity contribution in [2.45, 2.75) is 39.0 Å². The maximum Gasteiger partial charge on any atom is 0.161 e. The number of methoxy groups -OCH3 is 2. The highest BCUT2D eigenvalue weighted by molar-refractivity contribution is 7.10. The third-order valence-electron chi connectivity index (χ3n) is 3.93. The summed E-state index contributed by atoms with van der Waals surface area (Å²) < 4.78 is 10.7. The topological polar surface area (TPSA) is 50.7 Å². The Morgan fingerprint density at radius 2 is 1.91 bits per heavy atom. The molecule has 126 valence electrons. The van der Waals surface area contributed by atoms with Crippen molar-refractivity contribution in [3.63, 3.8) is 0 Å². The predicted molar refractivity (Wildman–Crippen MR) is 94.5 cm³/mol. The summed E-state index contributed by atoms with van der Waals surface area (Å²) in [7, 11) is 3.29. The van der Waals surface area contributed by atoms with Crippen LogP contribution < -0.4 is 14.8 Å². The molecule has 0 saturated heterocycles. The van der Waals surface area contributed by atoms with E-state index in [9.17, 15) is 5.11 Å². The van der Waals surface area contributed by atoms with E-state index in [1.807, 2.05) is 29.6 Å². The molecule has 0 aliphatic heterocycles.